The molecule has 1 unspecified atom stereocenters. The molecule has 1 aromatic heterocycles. The Kier molecular flexibility index (Phi) is 5.32. The molecule has 0 aliphatic heterocycles. The molecule has 0 aliphatic rings. The van der Waals surface area contributed by atoms with Crippen LogP contribution in [0.1, 0.15) is 39.7 Å². The van der Waals surface area contributed by atoms with Crippen LogP contribution < -0.4 is 5.69 Å². The number of halogens is 1. The SMILES string of the molecule is CC(CCBr)CCn1ccn(C(C)C)c1=O. The first-order valence-electron chi connectivity index (χ1n) is 5.89. The molecular weight excluding hydrogens is 268 g/mol. The summed E-state index contributed by atoms with van der Waals surface area (Å²) in [4.78, 5) is 11.9. The maximum atomic E-state index is 11.9. The minimum atomic E-state index is 0.112. The van der Waals surface area contributed by atoms with E-state index in [0.29, 0.717) is 5.92 Å². The zero-order valence-corrected chi connectivity index (χ0v) is 11.9. The van der Waals surface area contributed by atoms with Crippen molar-refractivity contribution in [3.05, 3.63) is 22.9 Å². The summed E-state index contributed by atoms with van der Waals surface area (Å²) in [6.07, 6.45) is 6.00. The summed E-state index contributed by atoms with van der Waals surface area (Å²) in [5.41, 5.74) is 0.112. The Morgan fingerprint density at radius 2 is 1.94 bits per heavy atom. The summed E-state index contributed by atoms with van der Waals surface area (Å²) >= 11 is 3.44. The van der Waals surface area contributed by atoms with Crippen molar-refractivity contribution in [1.29, 1.82) is 0 Å². The molecule has 16 heavy (non-hydrogen) atoms. The molecule has 0 spiro atoms. The van der Waals surface area contributed by atoms with Crippen LogP contribution in [0.2, 0.25) is 0 Å². The molecule has 1 atom stereocenters. The third-order valence-electron chi connectivity index (χ3n) is 2.89. The summed E-state index contributed by atoms with van der Waals surface area (Å²) in [6, 6.07) is 0.244. The van der Waals surface area contributed by atoms with Crippen molar-refractivity contribution in [1.82, 2.24) is 9.13 Å². The number of hydrogen-bond acceptors (Lipinski definition) is 1. The van der Waals surface area contributed by atoms with E-state index in [9.17, 15) is 4.79 Å². The zero-order chi connectivity index (χ0) is 12.1. The molecule has 92 valence electrons. The second kappa shape index (κ2) is 6.28. The number of hydrogen-bond donors (Lipinski definition) is 0. The van der Waals surface area contributed by atoms with Crippen molar-refractivity contribution >= 4 is 15.9 Å². The van der Waals surface area contributed by atoms with Gasteiger partial charge in [-0.1, -0.05) is 22.9 Å². The number of imidazole rings is 1. The molecule has 0 amide bonds. The second-order valence-electron chi connectivity index (χ2n) is 4.65. The Morgan fingerprint density at radius 1 is 1.25 bits per heavy atom. The average Bonchev–Trinajstić information content (AvgIpc) is 2.57. The highest BCUT2D eigenvalue weighted by Crippen LogP contribution is 2.10. The predicted octanol–water partition coefficient (Wildman–Crippen LogP) is 3.04. The Balaban J connectivity index is 2.58. The molecule has 0 radical (unpaired) electrons. The van der Waals surface area contributed by atoms with Crippen LogP contribution in [-0.4, -0.2) is 14.5 Å². The minimum Gasteiger partial charge on any atom is -0.299 e. The third-order valence-corrected chi connectivity index (χ3v) is 3.35. The lowest BCUT2D eigenvalue weighted by atomic mass is 10.1. The van der Waals surface area contributed by atoms with Gasteiger partial charge in [0.2, 0.25) is 0 Å². The molecule has 0 aliphatic carbocycles. The van der Waals surface area contributed by atoms with Crippen LogP contribution in [0.4, 0.5) is 0 Å². The second-order valence-corrected chi connectivity index (χ2v) is 5.44. The highest BCUT2D eigenvalue weighted by Gasteiger charge is 2.07. The zero-order valence-electron chi connectivity index (χ0n) is 10.3. The van der Waals surface area contributed by atoms with Gasteiger partial charge in [0.15, 0.2) is 0 Å². The molecule has 4 heteroatoms. The summed E-state index contributed by atoms with van der Waals surface area (Å²) in [5.74, 6) is 0.661. The molecule has 0 fully saturated rings. The minimum absolute atomic E-state index is 0.112. The van der Waals surface area contributed by atoms with E-state index in [4.69, 9.17) is 0 Å². The van der Waals surface area contributed by atoms with Crippen LogP contribution in [-0.2, 0) is 6.54 Å². The quantitative estimate of drug-likeness (QED) is 0.739. The number of rotatable bonds is 6. The predicted molar refractivity (Wildman–Crippen MR) is 71.3 cm³/mol. The maximum absolute atomic E-state index is 11.9. The van der Waals surface area contributed by atoms with Gasteiger partial charge in [-0.2, -0.15) is 0 Å². The van der Waals surface area contributed by atoms with Gasteiger partial charge in [-0.15, -0.1) is 0 Å². The van der Waals surface area contributed by atoms with Crippen LogP contribution >= 0.6 is 15.9 Å². The van der Waals surface area contributed by atoms with Crippen molar-refractivity contribution in [3.63, 3.8) is 0 Å². The van der Waals surface area contributed by atoms with Crippen LogP contribution in [0.25, 0.3) is 0 Å². The van der Waals surface area contributed by atoms with Gasteiger partial charge in [-0.05, 0) is 32.6 Å². The van der Waals surface area contributed by atoms with Crippen molar-refractivity contribution in [2.75, 3.05) is 5.33 Å². The number of nitrogens with zero attached hydrogens (tertiary/aromatic N) is 2. The lowest BCUT2D eigenvalue weighted by molar-refractivity contribution is 0.458. The molecule has 3 nitrogen and oxygen atoms in total. The largest absolute Gasteiger partial charge is 0.328 e. The highest BCUT2D eigenvalue weighted by atomic mass is 79.9. The Bertz CT molecular complexity index is 367. The number of alkyl halides is 1. The summed E-state index contributed by atoms with van der Waals surface area (Å²) in [7, 11) is 0. The normalized spacial score (nSPS) is 13.3. The monoisotopic (exact) mass is 288 g/mol. The molecule has 0 bridgehead atoms. The topological polar surface area (TPSA) is 26.9 Å². The van der Waals surface area contributed by atoms with E-state index in [1.807, 2.05) is 30.8 Å². The first-order valence-corrected chi connectivity index (χ1v) is 7.01. The maximum Gasteiger partial charge on any atom is 0.328 e. The molecule has 1 aromatic rings. The lowest BCUT2D eigenvalue weighted by Gasteiger charge is -2.09. The lowest BCUT2D eigenvalue weighted by Crippen LogP contribution is -2.25. The van der Waals surface area contributed by atoms with E-state index in [1.54, 1.807) is 4.57 Å². The van der Waals surface area contributed by atoms with E-state index in [-0.39, 0.29) is 11.7 Å². The summed E-state index contributed by atoms with van der Waals surface area (Å²) in [6.45, 7) is 7.11. The number of aromatic nitrogens is 2. The van der Waals surface area contributed by atoms with Gasteiger partial charge in [0.25, 0.3) is 0 Å². The fourth-order valence-electron chi connectivity index (χ4n) is 1.68. The first kappa shape index (κ1) is 13.6. The van der Waals surface area contributed by atoms with Crippen molar-refractivity contribution < 1.29 is 0 Å². The van der Waals surface area contributed by atoms with E-state index in [2.05, 4.69) is 22.9 Å². The molecule has 0 saturated heterocycles. The average molecular weight is 289 g/mol. The third kappa shape index (κ3) is 3.51. The molecular formula is C12H21BrN2O. The van der Waals surface area contributed by atoms with E-state index in [1.165, 1.54) is 6.42 Å². The molecule has 0 saturated carbocycles. The smallest absolute Gasteiger partial charge is 0.299 e. The molecule has 1 rings (SSSR count). The summed E-state index contributed by atoms with van der Waals surface area (Å²) < 4.78 is 3.58. The first-order chi connectivity index (χ1) is 7.56. The summed E-state index contributed by atoms with van der Waals surface area (Å²) in [5, 5.41) is 1.04. The highest BCUT2D eigenvalue weighted by molar-refractivity contribution is 9.09. The van der Waals surface area contributed by atoms with Gasteiger partial charge in [0.05, 0.1) is 0 Å². The van der Waals surface area contributed by atoms with Crippen LogP contribution in [0, 0.1) is 5.92 Å². The molecule has 1 heterocycles. The van der Waals surface area contributed by atoms with Crippen LogP contribution in [0.3, 0.4) is 0 Å². The Morgan fingerprint density at radius 3 is 2.44 bits per heavy atom. The van der Waals surface area contributed by atoms with Crippen molar-refractivity contribution in [2.45, 2.75) is 46.2 Å². The van der Waals surface area contributed by atoms with Gasteiger partial charge in [0.1, 0.15) is 0 Å². The van der Waals surface area contributed by atoms with E-state index >= 15 is 0 Å². The Labute approximate surface area is 106 Å². The van der Waals surface area contributed by atoms with Crippen LogP contribution in [0.15, 0.2) is 17.2 Å². The fourth-order valence-corrected chi connectivity index (χ4v) is 2.46. The molecule has 0 N–H and O–H groups in total. The van der Waals surface area contributed by atoms with Gasteiger partial charge >= 0.3 is 5.69 Å². The fraction of sp³-hybridized carbons (Fsp3) is 0.750. The van der Waals surface area contributed by atoms with Gasteiger partial charge < -0.3 is 0 Å². The molecule has 0 aromatic carbocycles. The number of aryl methyl sites for hydroxylation is 1. The Hall–Kier alpha value is -0.510. The van der Waals surface area contributed by atoms with E-state index in [0.717, 1.165) is 18.3 Å². The van der Waals surface area contributed by atoms with Crippen molar-refractivity contribution in [2.24, 2.45) is 5.92 Å². The van der Waals surface area contributed by atoms with Gasteiger partial charge in [0, 0.05) is 30.3 Å². The standard InChI is InChI=1S/C12H21BrN2O/c1-10(2)15-9-8-14(12(15)16)7-5-11(3)4-6-13/h8-11H,4-7H2,1-3H3. The van der Waals surface area contributed by atoms with E-state index < -0.39 is 0 Å². The van der Waals surface area contributed by atoms with Crippen molar-refractivity contribution in [3.8, 4) is 0 Å². The van der Waals surface area contributed by atoms with Crippen LogP contribution in [0.5, 0.6) is 0 Å². The van der Waals surface area contributed by atoms with Gasteiger partial charge in [-0.25, -0.2) is 4.79 Å². The van der Waals surface area contributed by atoms with Gasteiger partial charge in [-0.3, -0.25) is 9.13 Å².